The van der Waals surface area contributed by atoms with Gasteiger partial charge in [0.25, 0.3) is 5.91 Å². The molecule has 5 rings (SSSR count). The van der Waals surface area contributed by atoms with Crippen LogP contribution in [-0.4, -0.2) is 15.3 Å². The third-order valence-electron chi connectivity index (χ3n) is 5.34. The van der Waals surface area contributed by atoms with Crippen molar-refractivity contribution in [3.05, 3.63) is 101 Å². The fourth-order valence-electron chi connectivity index (χ4n) is 3.63. The number of benzene rings is 2. The molecule has 146 valence electrons. The molecule has 30 heavy (non-hydrogen) atoms. The van der Waals surface area contributed by atoms with Gasteiger partial charge >= 0.3 is 0 Å². The summed E-state index contributed by atoms with van der Waals surface area (Å²) in [5.74, 6) is 6.24. The van der Waals surface area contributed by atoms with Gasteiger partial charge in [0, 0.05) is 36.1 Å². The Morgan fingerprint density at radius 3 is 2.90 bits per heavy atom. The number of aromatic nitrogens is 2. The van der Waals surface area contributed by atoms with E-state index >= 15 is 0 Å². The van der Waals surface area contributed by atoms with Crippen LogP contribution in [0.25, 0.3) is 5.65 Å². The van der Waals surface area contributed by atoms with Crippen molar-refractivity contribution in [2.45, 2.75) is 20.0 Å². The highest BCUT2D eigenvalue weighted by Gasteiger charge is 2.12. The molecule has 0 fully saturated rings. The van der Waals surface area contributed by atoms with Crippen LogP contribution in [0.4, 0.5) is 5.69 Å². The number of hydrogen-bond donors (Lipinski definition) is 2. The summed E-state index contributed by atoms with van der Waals surface area (Å²) in [6.45, 7) is 3.72. The van der Waals surface area contributed by atoms with Gasteiger partial charge in [0.1, 0.15) is 11.3 Å². The summed E-state index contributed by atoms with van der Waals surface area (Å²) in [5, 5.41) is 6.32. The number of hydrogen-bond acceptors (Lipinski definition) is 3. The van der Waals surface area contributed by atoms with E-state index in [4.69, 9.17) is 0 Å². The van der Waals surface area contributed by atoms with Gasteiger partial charge < -0.3 is 10.6 Å². The molecule has 0 saturated carbocycles. The van der Waals surface area contributed by atoms with Crippen LogP contribution < -0.4 is 10.6 Å². The first-order chi connectivity index (χ1) is 14.7. The number of carbonyl (C=O) groups excluding carboxylic acids is 1. The number of nitrogens with zero attached hydrogens (tertiary/aromatic N) is 2. The van der Waals surface area contributed by atoms with Crippen molar-refractivity contribution in [2.75, 3.05) is 5.32 Å². The molecule has 0 saturated heterocycles. The van der Waals surface area contributed by atoms with Crippen molar-refractivity contribution < 1.29 is 4.79 Å². The largest absolute Gasteiger partial charge is 0.322 e. The van der Waals surface area contributed by atoms with Crippen molar-refractivity contribution >= 4 is 17.2 Å². The molecular formula is C25H20N4O. The van der Waals surface area contributed by atoms with E-state index < -0.39 is 0 Å². The maximum atomic E-state index is 12.8. The number of nitrogens with one attached hydrogen (secondary N) is 2. The third-order valence-corrected chi connectivity index (χ3v) is 5.34. The summed E-state index contributed by atoms with van der Waals surface area (Å²) in [5.41, 5.74) is 7.43. The normalized spacial score (nSPS) is 12.3. The number of fused-ring (bicyclic) bond motifs is 2. The van der Waals surface area contributed by atoms with Gasteiger partial charge in [0.05, 0.1) is 6.20 Å². The molecule has 5 heteroatoms. The smallest absolute Gasteiger partial charge is 0.255 e. The average Bonchev–Trinajstić information content (AvgIpc) is 3.39. The topological polar surface area (TPSA) is 58.4 Å². The molecule has 2 N–H and O–H groups in total. The molecule has 2 aromatic heterocycles. The van der Waals surface area contributed by atoms with Gasteiger partial charge in [-0.3, -0.25) is 9.20 Å². The fraction of sp³-hybridized carbons (Fsp3) is 0.120. The van der Waals surface area contributed by atoms with Crippen molar-refractivity contribution in [1.29, 1.82) is 0 Å². The molecule has 1 aliphatic rings. The lowest BCUT2D eigenvalue weighted by molar-refractivity contribution is 0.102. The number of anilines is 1. The molecule has 0 aliphatic carbocycles. The Bertz CT molecular complexity index is 1340. The van der Waals surface area contributed by atoms with Gasteiger partial charge in [0.2, 0.25) is 0 Å². The second-order valence-corrected chi connectivity index (χ2v) is 7.39. The maximum Gasteiger partial charge on any atom is 0.255 e. The standard InChI is InChI=1S/C25H20N4O/c1-17-5-6-19(25(30)28-22-9-7-20-14-26-15-21(20)13-22)12-18(17)8-10-23-16-27-24-4-2-3-11-29(23)24/h2-7,9,11-13,16,26H,14-15H2,1H3,(H,28,30). The summed E-state index contributed by atoms with van der Waals surface area (Å²) < 4.78 is 1.95. The minimum absolute atomic E-state index is 0.140. The van der Waals surface area contributed by atoms with E-state index in [2.05, 4.69) is 33.5 Å². The van der Waals surface area contributed by atoms with Gasteiger partial charge in [-0.25, -0.2) is 4.98 Å². The Morgan fingerprint density at radius 2 is 1.97 bits per heavy atom. The zero-order valence-corrected chi connectivity index (χ0v) is 16.6. The number of rotatable bonds is 2. The lowest BCUT2D eigenvalue weighted by atomic mass is 10.0. The molecule has 1 aliphatic heterocycles. The van der Waals surface area contributed by atoms with E-state index in [1.807, 2.05) is 66.1 Å². The molecule has 4 aromatic rings. The molecule has 0 bridgehead atoms. The highest BCUT2D eigenvalue weighted by Crippen LogP contribution is 2.21. The molecule has 0 unspecified atom stereocenters. The summed E-state index contributed by atoms with van der Waals surface area (Å²) in [4.78, 5) is 17.2. The molecule has 1 amide bonds. The first-order valence-corrected chi connectivity index (χ1v) is 9.86. The van der Waals surface area contributed by atoms with Crippen LogP contribution in [0.2, 0.25) is 0 Å². The van der Waals surface area contributed by atoms with E-state index in [9.17, 15) is 4.79 Å². The monoisotopic (exact) mass is 392 g/mol. The van der Waals surface area contributed by atoms with E-state index in [1.165, 1.54) is 11.1 Å². The number of amides is 1. The van der Waals surface area contributed by atoms with Crippen LogP contribution >= 0.6 is 0 Å². The van der Waals surface area contributed by atoms with Crippen LogP contribution in [0.15, 0.2) is 67.0 Å². The molecule has 0 radical (unpaired) electrons. The van der Waals surface area contributed by atoms with Gasteiger partial charge in [-0.05, 0) is 65.9 Å². The van der Waals surface area contributed by atoms with Gasteiger partial charge in [-0.1, -0.05) is 24.1 Å². The minimum atomic E-state index is -0.140. The van der Waals surface area contributed by atoms with E-state index in [1.54, 1.807) is 6.20 Å². The average molecular weight is 392 g/mol. The summed E-state index contributed by atoms with van der Waals surface area (Å²) in [6, 6.07) is 17.5. The molecule has 2 aromatic carbocycles. The summed E-state index contributed by atoms with van der Waals surface area (Å²) >= 11 is 0. The van der Waals surface area contributed by atoms with Crippen LogP contribution in [-0.2, 0) is 13.1 Å². The van der Waals surface area contributed by atoms with Crippen molar-refractivity contribution in [2.24, 2.45) is 0 Å². The highest BCUT2D eigenvalue weighted by atomic mass is 16.1. The maximum absolute atomic E-state index is 12.8. The van der Waals surface area contributed by atoms with Crippen LogP contribution in [0, 0.1) is 18.8 Å². The fourth-order valence-corrected chi connectivity index (χ4v) is 3.63. The zero-order valence-electron chi connectivity index (χ0n) is 16.6. The van der Waals surface area contributed by atoms with E-state index in [0.717, 1.165) is 41.2 Å². The quantitative estimate of drug-likeness (QED) is 0.509. The molecular weight excluding hydrogens is 372 g/mol. The van der Waals surface area contributed by atoms with Gasteiger partial charge in [-0.15, -0.1) is 0 Å². The number of carbonyl (C=O) groups is 1. The Kier molecular flexibility index (Phi) is 4.55. The molecule has 0 spiro atoms. The Labute approximate surface area is 174 Å². The van der Waals surface area contributed by atoms with Crippen molar-refractivity contribution in [3.8, 4) is 11.8 Å². The Hall–Kier alpha value is -3.88. The predicted molar refractivity (Wildman–Crippen MR) is 117 cm³/mol. The number of pyridine rings is 1. The number of imidazole rings is 1. The zero-order chi connectivity index (χ0) is 20.5. The van der Waals surface area contributed by atoms with Crippen LogP contribution in [0.3, 0.4) is 0 Å². The van der Waals surface area contributed by atoms with E-state index in [-0.39, 0.29) is 5.91 Å². The first-order valence-electron chi connectivity index (χ1n) is 9.86. The van der Waals surface area contributed by atoms with Crippen LogP contribution in [0.1, 0.15) is 38.3 Å². The van der Waals surface area contributed by atoms with Gasteiger partial charge in [0.15, 0.2) is 0 Å². The highest BCUT2D eigenvalue weighted by molar-refractivity contribution is 6.04. The van der Waals surface area contributed by atoms with Crippen molar-refractivity contribution in [1.82, 2.24) is 14.7 Å². The lowest BCUT2D eigenvalue weighted by Gasteiger charge is -2.08. The van der Waals surface area contributed by atoms with Crippen LogP contribution in [0.5, 0.6) is 0 Å². The van der Waals surface area contributed by atoms with Crippen molar-refractivity contribution in [3.63, 3.8) is 0 Å². The minimum Gasteiger partial charge on any atom is -0.322 e. The second-order valence-electron chi connectivity index (χ2n) is 7.39. The second kappa shape index (κ2) is 7.51. The van der Waals surface area contributed by atoms with Gasteiger partial charge in [-0.2, -0.15) is 0 Å². The predicted octanol–water partition coefficient (Wildman–Crippen LogP) is 3.90. The number of aryl methyl sites for hydroxylation is 1. The molecule has 0 atom stereocenters. The van der Waals surface area contributed by atoms with E-state index in [0.29, 0.717) is 5.56 Å². The summed E-state index contributed by atoms with van der Waals surface area (Å²) in [6.07, 6.45) is 3.70. The lowest BCUT2D eigenvalue weighted by Crippen LogP contribution is -2.12. The Balaban J connectivity index is 1.40. The first kappa shape index (κ1) is 18.2. The Morgan fingerprint density at radius 1 is 1.07 bits per heavy atom. The summed E-state index contributed by atoms with van der Waals surface area (Å²) in [7, 11) is 0. The third kappa shape index (κ3) is 3.45. The molecule has 3 heterocycles. The molecule has 5 nitrogen and oxygen atoms in total. The SMILES string of the molecule is Cc1ccc(C(=O)Nc2ccc3c(c2)CNC3)cc1C#Cc1cnc2ccccn12.